The Balaban J connectivity index is 1.40. The average molecular weight is 420 g/mol. The summed E-state index contributed by atoms with van der Waals surface area (Å²) in [7, 11) is -3.42. The quantitative estimate of drug-likeness (QED) is 0.639. The number of hydrogen-bond acceptors (Lipinski definition) is 5. The molecule has 1 fully saturated rings. The first-order valence-corrected chi connectivity index (χ1v) is 11.0. The molecule has 0 bridgehead atoms. The van der Waals surface area contributed by atoms with Crippen LogP contribution in [0.3, 0.4) is 0 Å². The Morgan fingerprint density at radius 3 is 2.38 bits per heavy atom. The molecule has 0 spiro atoms. The van der Waals surface area contributed by atoms with Gasteiger partial charge in [-0.3, -0.25) is 9.59 Å². The summed E-state index contributed by atoms with van der Waals surface area (Å²) >= 11 is 0. The third kappa shape index (κ3) is 5.91. The third-order valence-electron chi connectivity index (χ3n) is 4.75. The molecule has 1 aliphatic heterocycles. The van der Waals surface area contributed by atoms with Gasteiger partial charge in [0.15, 0.2) is 0 Å². The van der Waals surface area contributed by atoms with Crippen LogP contribution in [0.15, 0.2) is 52.0 Å². The highest BCUT2D eigenvalue weighted by molar-refractivity contribution is 7.89. The molecule has 0 aliphatic carbocycles. The first kappa shape index (κ1) is 21.1. The molecule has 8 nitrogen and oxygen atoms in total. The second-order valence-corrected chi connectivity index (χ2v) is 8.83. The van der Waals surface area contributed by atoms with Gasteiger partial charge in [-0.1, -0.05) is 12.1 Å². The first-order chi connectivity index (χ1) is 13.9. The number of carbonyl (C=O) groups is 2. The van der Waals surface area contributed by atoms with E-state index in [9.17, 15) is 18.0 Å². The normalized spacial score (nSPS) is 14.6. The van der Waals surface area contributed by atoms with Gasteiger partial charge < -0.3 is 15.1 Å². The van der Waals surface area contributed by atoms with Gasteiger partial charge in [0.05, 0.1) is 24.2 Å². The summed E-state index contributed by atoms with van der Waals surface area (Å²) in [5.74, 6) is 0.0954. The number of rotatable bonds is 9. The standard InChI is InChI=1S/C20H25N3O5S/c24-19(22-15-20(25)21-14-17-4-3-13-28-17)10-7-16-5-8-18(9-6-16)29(26,27)23-11-1-2-12-23/h3-6,8-9,13H,1-2,7,10-12,14-15H2,(H,21,25)(H,22,24). The predicted octanol–water partition coefficient (Wildman–Crippen LogP) is 1.43. The molecule has 1 aromatic carbocycles. The molecule has 2 amide bonds. The molecule has 9 heteroatoms. The van der Waals surface area contributed by atoms with E-state index in [1.807, 2.05) is 0 Å². The van der Waals surface area contributed by atoms with Crippen molar-refractivity contribution >= 4 is 21.8 Å². The molecule has 0 atom stereocenters. The molecule has 0 unspecified atom stereocenters. The van der Waals surface area contributed by atoms with E-state index in [2.05, 4.69) is 10.6 Å². The Morgan fingerprint density at radius 2 is 1.72 bits per heavy atom. The van der Waals surface area contributed by atoms with Gasteiger partial charge in [-0.05, 0) is 49.1 Å². The highest BCUT2D eigenvalue weighted by Gasteiger charge is 2.26. The molecule has 2 N–H and O–H groups in total. The van der Waals surface area contributed by atoms with E-state index in [1.54, 1.807) is 36.4 Å². The second kappa shape index (κ2) is 9.71. The Bertz CT molecular complexity index is 918. The fourth-order valence-corrected chi connectivity index (χ4v) is 4.61. The van der Waals surface area contributed by atoms with E-state index in [-0.39, 0.29) is 36.2 Å². The Hall–Kier alpha value is -2.65. The smallest absolute Gasteiger partial charge is 0.243 e. The van der Waals surface area contributed by atoms with Crippen LogP contribution in [0.4, 0.5) is 0 Å². The van der Waals surface area contributed by atoms with Crippen LogP contribution in [-0.2, 0) is 32.6 Å². The van der Waals surface area contributed by atoms with Gasteiger partial charge in [-0.15, -0.1) is 0 Å². The fraction of sp³-hybridized carbons (Fsp3) is 0.400. The highest BCUT2D eigenvalue weighted by Crippen LogP contribution is 2.21. The first-order valence-electron chi connectivity index (χ1n) is 9.60. The van der Waals surface area contributed by atoms with E-state index in [1.165, 1.54) is 10.6 Å². The van der Waals surface area contributed by atoms with Gasteiger partial charge in [-0.25, -0.2) is 8.42 Å². The Morgan fingerprint density at radius 1 is 1.00 bits per heavy atom. The number of amides is 2. The lowest BCUT2D eigenvalue weighted by atomic mass is 10.1. The van der Waals surface area contributed by atoms with Crippen molar-refractivity contribution in [2.45, 2.75) is 37.1 Å². The van der Waals surface area contributed by atoms with Crippen molar-refractivity contribution in [1.82, 2.24) is 14.9 Å². The Kier molecular flexibility index (Phi) is 7.05. The van der Waals surface area contributed by atoms with E-state index in [4.69, 9.17) is 4.42 Å². The van der Waals surface area contributed by atoms with Gasteiger partial charge >= 0.3 is 0 Å². The van der Waals surface area contributed by atoms with Crippen LogP contribution >= 0.6 is 0 Å². The maximum atomic E-state index is 12.5. The van der Waals surface area contributed by atoms with Crippen molar-refractivity contribution in [2.24, 2.45) is 0 Å². The maximum Gasteiger partial charge on any atom is 0.243 e. The maximum absolute atomic E-state index is 12.5. The zero-order valence-corrected chi connectivity index (χ0v) is 16.9. The number of benzene rings is 1. The summed E-state index contributed by atoms with van der Waals surface area (Å²) < 4.78 is 31.6. The summed E-state index contributed by atoms with van der Waals surface area (Å²) in [4.78, 5) is 23.9. The minimum absolute atomic E-state index is 0.105. The zero-order valence-electron chi connectivity index (χ0n) is 16.1. The zero-order chi connectivity index (χ0) is 20.7. The summed E-state index contributed by atoms with van der Waals surface area (Å²) in [5, 5.41) is 5.22. The molecule has 3 rings (SSSR count). The third-order valence-corrected chi connectivity index (χ3v) is 6.67. The Labute approximate surface area is 170 Å². The molecule has 29 heavy (non-hydrogen) atoms. The van der Waals surface area contributed by atoms with E-state index in [0.29, 0.717) is 25.3 Å². The van der Waals surface area contributed by atoms with Gasteiger partial charge in [0.25, 0.3) is 0 Å². The van der Waals surface area contributed by atoms with Crippen LogP contribution in [-0.4, -0.2) is 44.2 Å². The molecule has 156 valence electrons. The number of carbonyl (C=O) groups excluding carboxylic acids is 2. The van der Waals surface area contributed by atoms with Crippen LogP contribution in [0.1, 0.15) is 30.6 Å². The van der Waals surface area contributed by atoms with Gasteiger partial charge in [-0.2, -0.15) is 4.31 Å². The van der Waals surface area contributed by atoms with Crippen molar-refractivity contribution in [2.75, 3.05) is 19.6 Å². The molecule has 1 aromatic heterocycles. The van der Waals surface area contributed by atoms with Crippen LogP contribution in [0.25, 0.3) is 0 Å². The van der Waals surface area contributed by atoms with Crippen molar-refractivity contribution in [1.29, 1.82) is 0 Å². The molecule has 2 aromatic rings. The fourth-order valence-electron chi connectivity index (χ4n) is 3.09. The van der Waals surface area contributed by atoms with E-state index in [0.717, 1.165) is 18.4 Å². The lowest BCUT2D eigenvalue weighted by Crippen LogP contribution is -2.36. The van der Waals surface area contributed by atoms with Crippen molar-refractivity contribution in [3.05, 3.63) is 54.0 Å². The monoisotopic (exact) mass is 419 g/mol. The molecule has 1 aliphatic rings. The van der Waals surface area contributed by atoms with Crippen molar-refractivity contribution in [3.63, 3.8) is 0 Å². The largest absolute Gasteiger partial charge is 0.467 e. The van der Waals surface area contributed by atoms with Crippen LogP contribution in [0.5, 0.6) is 0 Å². The number of hydrogen-bond donors (Lipinski definition) is 2. The molecule has 0 radical (unpaired) electrons. The van der Waals surface area contributed by atoms with Crippen molar-refractivity contribution < 1.29 is 22.4 Å². The number of nitrogens with one attached hydrogen (secondary N) is 2. The molecule has 2 heterocycles. The van der Waals surface area contributed by atoms with Gasteiger partial charge in [0.2, 0.25) is 21.8 Å². The topological polar surface area (TPSA) is 109 Å². The van der Waals surface area contributed by atoms with Crippen molar-refractivity contribution in [3.8, 4) is 0 Å². The van der Waals surface area contributed by atoms with Gasteiger partial charge in [0.1, 0.15) is 5.76 Å². The number of aryl methyl sites for hydroxylation is 1. The number of nitrogens with zero attached hydrogens (tertiary/aromatic N) is 1. The van der Waals surface area contributed by atoms with E-state index < -0.39 is 10.0 Å². The summed E-state index contributed by atoms with van der Waals surface area (Å²) in [5.41, 5.74) is 0.864. The van der Waals surface area contributed by atoms with Gasteiger partial charge in [0, 0.05) is 19.5 Å². The summed E-state index contributed by atoms with van der Waals surface area (Å²) in [6.45, 7) is 1.31. The number of sulfonamides is 1. The molecular weight excluding hydrogens is 394 g/mol. The summed E-state index contributed by atoms with van der Waals surface area (Å²) in [6, 6.07) is 10.1. The lowest BCUT2D eigenvalue weighted by molar-refractivity contribution is -0.126. The highest BCUT2D eigenvalue weighted by atomic mass is 32.2. The average Bonchev–Trinajstić information content (AvgIpc) is 3.44. The molecule has 0 saturated carbocycles. The lowest BCUT2D eigenvalue weighted by Gasteiger charge is -2.15. The minimum atomic E-state index is -3.42. The van der Waals surface area contributed by atoms with E-state index >= 15 is 0 Å². The molecular formula is C20H25N3O5S. The van der Waals surface area contributed by atoms with Crippen LogP contribution in [0, 0.1) is 0 Å². The number of furan rings is 1. The van der Waals surface area contributed by atoms with Crippen LogP contribution in [0.2, 0.25) is 0 Å². The molecule has 1 saturated heterocycles. The second-order valence-electron chi connectivity index (χ2n) is 6.89. The SMILES string of the molecule is O=C(CCc1ccc(S(=O)(=O)N2CCCC2)cc1)NCC(=O)NCc1ccco1. The van der Waals surface area contributed by atoms with Crippen LogP contribution < -0.4 is 10.6 Å². The summed E-state index contributed by atoms with van der Waals surface area (Å²) in [6.07, 6.45) is 3.99. The predicted molar refractivity (Wildman–Crippen MR) is 106 cm³/mol. The minimum Gasteiger partial charge on any atom is -0.467 e.